The number of rotatable bonds is 5. The van der Waals surface area contributed by atoms with Crippen LogP contribution in [0.25, 0.3) is 11.1 Å². The number of aromatic hydroxyl groups is 1. The molecule has 3 aromatic rings. The van der Waals surface area contributed by atoms with Gasteiger partial charge in [0.2, 0.25) is 0 Å². The maximum atomic E-state index is 12.8. The number of nitrogens with one attached hydrogen (secondary N) is 1. The topological polar surface area (TPSA) is 115 Å². The second-order valence-electron chi connectivity index (χ2n) is 7.44. The molecule has 0 radical (unpaired) electrons. The second-order valence-corrected chi connectivity index (χ2v) is 7.79. The normalized spacial score (nSPS) is 14.5. The van der Waals surface area contributed by atoms with E-state index in [1.54, 1.807) is 42.5 Å². The van der Waals surface area contributed by atoms with Gasteiger partial charge in [-0.25, -0.2) is 4.79 Å². The van der Waals surface area contributed by atoms with E-state index < -0.39 is 11.9 Å². The fraction of sp³-hybridized carbons (Fsp3) is 0.0833. The largest absolute Gasteiger partial charge is 0.506 e. The van der Waals surface area contributed by atoms with E-state index >= 15 is 0 Å². The SMILES string of the molecule is Cc1ccc(N2N=C(Cl)C(=NNc3cccc(-c4cccc(C(=O)O)c4O)c3)C2=O)cc1C. The summed E-state index contributed by atoms with van der Waals surface area (Å²) in [7, 11) is 0. The first-order chi connectivity index (χ1) is 15.8. The summed E-state index contributed by atoms with van der Waals surface area (Å²) in [5, 5.41) is 29.0. The first kappa shape index (κ1) is 22.0. The monoisotopic (exact) mass is 462 g/mol. The summed E-state index contributed by atoms with van der Waals surface area (Å²) < 4.78 is 0. The summed E-state index contributed by atoms with van der Waals surface area (Å²) >= 11 is 6.18. The molecule has 0 atom stereocenters. The molecule has 9 heteroatoms. The highest BCUT2D eigenvalue weighted by atomic mass is 35.5. The number of hydrogen-bond acceptors (Lipinski definition) is 6. The number of carboxylic acids is 1. The molecule has 8 nitrogen and oxygen atoms in total. The van der Waals surface area contributed by atoms with E-state index in [9.17, 15) is 19.8 Å². The molecule has 0 fully saturated rings. The molecule has 4 rings (SSSR count). The van der Waals surface area contributed by atoms with E-state index in [2.05, 4.69) is 15.6 Å². The Labute approximate surface area is 194 Å². The Balaban J connectivity index is 1.59. The fourth-order valence-corrected chi connectivity index (χ4v) is 3.52. The fourth-order valence-electron chi connectivity index (χ4n) is 3.32. The van der Waals surface area contributed by atoms with Crippen LogP contribution in [0, 0.1) is 13.8 Å². The number of phenols is 1. The van der Waals surface area contributed by atoms with Crippen LogP contribution in [0.1, 0.15) is 21.5 Å². The van der Waals surface area contributed by atoms with Crippen molar-refractivity contribution in [1.82, 2.24) is 0 Å². The number of benzene rings is 3. The Morgan fingerprint density at radius 3 is 2.55 bits per heavy atom. The van der Waals surface area contributed by atoms with Gasteiger partial charge in [0.15, 0.2) is 10.9 Å². The van der Waals surface area contributed by atoms with Gasteiger partial charge in [-0.05, 0) is 60.9 Å². The number of carboxylic acid groups (broad SMARTS) is 1. The van der Waals surface area contributed by atoms with Crippen molar-refractivity contribution in [3.05, 3.63) is 77.4 Å². The van der Waals surface area contributed by atoms with E-state index in [0.717, 1.165) is 11.1 Å². The number of carbonyl (C=O) groups is 2. The molecular weight excluding hydrogens is 444 g/mol. The molecular formula is C24H19ClN4O4. The third kappa shape index (κ3) is 4.28. The molecule has 3 N–H and O–H groups in total. The van der Waals surface area contributed by atoms with Gasteiger partial charge in [-0.1, -0.05) is 41.9 Å². The summed E-state index contributed by atoms with van der Waals surface area (Å²) in [6, 6.07) is 16.8. The van der Waals surface area contributed by atoms with Crippen LogP contribution in [0.4, 0.5) is 11.4 Å². The lowest BCUT2D eigenvalue weighted by molar-refractivity contribution is -0.112. The van der Waals surface area contributed by atoms with Crippen LogP contribution in [-0.2, 0) is 4.79 Å². The smallest absolute Gasteiger partial charge is 0.339 e. The number of nitrogens with zero attached hydrogens (tertiary/aromatic N) is 3. The van der Waals surface area contributed by atoms with Crippen molar-refractivity contribution in [2.45, 2.75) is 13.8 Å². The van der Waals surface area contributed by atoms with Gasteiger partial charge >= 0.3 is 11.9 Å². The van der Waals surface area contributed by atoms with Crippen LogP contribution >= 0.6 is 11.6 Å². The number of carbonyl (C=O) groups excluding carboxylic acids is 1. The van der Waals surface area contributed by atoms with E-state index in [1.165, 1.54) is 11.1 Å². The number of halogens is 1. The van der Waals surface area contributed by atoms with Crippen molar-refractivity contribution in [2.24, 2.45) is 10.2 Å². The Morgan fingerprint density at radius 1 is 1.06 bits per heavy atom. The lowest BCUT2D eigenvalue weighted by atomic mass is 10.0. The molecule has 0 saturated heterocycles. The van der Waals surface area contributed by atoms with Gasteiger partial charge < -0.3 is 10.2 Å². The Hall–Kier alpha value is -4.17. The number of anilines is 2. The molecule has 0 bridgehead atoms. The van der Waals surface area contributed by atoms with Gasteiger partial charge in [-0.2, -0.15) is 10.1 Å². The molecule has 1 heterocycles. The standard InChI is InChI=1S/C24H19ClN4O4/c1-13-9-10-17(11-14(13)2)29-23(31)20(22(25)28-29)27-26-16-6-3-5-15(12-16)18-7-4-8-19(21(18)30)24(32)33/h3-12,26,30H,1-2H3,(H,32,33). The molecule has 0 spiro atoms. The Morgan fingerprint density at radius 2 is 1.82 bits per heavy atom. The summed E-state index contributed by atoms with van der Waals surface area (Å²) in [6.45, 7) is 3.92. The highest BCUT2D eigenvalue weighted by Gasteiger charge is 2.32. The second kappa shape index (κ2) is 8.76. The lowest BCUT2D eigenvalue weighted by Crippen LogP contribution is -2.27. The van der Waals surface area contributed by atoms with Crippen molar-refractivity contribution >= 4 is 45.7 Å². The van der Waals surface area contributed by atoms with Gasteiger partial charge in [0.05, 0.1) is 11.4 Å². The van der Waals surface area contributed by atoms with Crippen LogP contribution in [0.5, 0.6) is 5.75 Å². The predicted octanol–water partition coefficient (Wildman–Crippen LogP) is 4.74. The quantitative estimate of drug-likeness (QED) is 0.474. The maximum absolute atomic E-state index is 12.8. The van der Waals surface area contributed by atoms with Crippen LogP contribution < -0.4 is 10.4 Å². The van der Waals surface area contributed by atoms with Gasteiger partial charge in [0.1, 0.15) is 11.3 Å². The summed E-state index contributed by atoms with van der Waals surface area (Å²) in [5.41, 5.74) is 6.65. The minimum absolute atomic E-state index is 0.0454. The number of amides is 1. The van der Waals surface area contributed by atoms with E-state index in [-0.39, 0.29) is 22.2 Å². The van der Waals surface area contributed by atoms with Crippen LogP contribution in [0.3, 0.4) is 0 Å². The molecule has 1 amide bonds. The minimum atomic E-state index is -1.22. The molecule has 0 saturated carbocycles. The number of aromatic carboxylic acids is 1. The predicted molar refractivity (Wildman–Crippen MR) is 128 cm³/mol. The molecule has 1 aliphatic heterocycles. The van der Waals surface area contributed by atoms with E-state index in [0.29, 0.717) is 22.5 Å². The highest BCUT2D eigenvalue weighted by molar-refractivity contribution is 6.94. The first-order valence-corrected chi connectivity index (χ1v) is 10.3. The van der Waals surface area contributed by atoms with E-state index in [4.69, 9.17) is 11.6 Å². The van der Waals surface area contributed by atoms with Gasteiger partial charge in [-0.15, -0.1) is 5.10 Å². The van der Waals surface area contributed by atoms with Crippen molar-refractivity contribution in [2.75, 3.05) is 10.4 Å². The number of aryl methyl sites for hydroxylation is 2. The zero-order valence-electron chi connectivity index (χ0n) is 17.7. The maximum Gasteiger partial charge on any atom is 0.339 e. The van der Waals surface area contributed by atoms with Crippen molar-refractivity contribution < 1.29 is 19.8 Å². The number of para-hydroxylation sites is 1. The Bertz CT molecular complexity index is 1350. The molecule has 0 aromatic heterocycles. The van der Waals surface area contributed by atoms with Crippen LogP contribution in [0.15, 0.2) is 70.9 Å². The minimum Gasteiger partial charge on any atom is -0.506 e. The van der Waals surface area contributed by atoms with Gasteiger partial charge in [-0.3, -0.25) is 10.2 Å². The molecule has 0 aliphatic carbocycles. The van der Waals surface area contributed by atoms with Crippen molar-refractivity contribution in [3.63, 3.8) is 0 Å². The number of hydrogen-bond donors (Lipinski definition) is 3. The lowest BCUT2D eigenvalue weighted by Gasteiger charge is -2.13. The third-order valence-electron chi connectivity index (χ3n) is 5.25. The number of hydrazone groups is 2. The van der Waals surface area contributed by atoms with Crippen LogP contribution in [-0.4, -0.2) is 33.0 Å². The molecule has 0 unspecified atom stereocenters. The van der Waals surface area contributed by atoms with Gasteiger partial charge in [0.25, 0.3) is 0 Å². The Kier molecular flexibility index (Phi) is 5.85. The molecule has 33 heavy (non-hydrogen) atoms. The van der Waals surface area contributed by atoms with Crippen molar-refractivity contribution in [1.29, 1.82) is 0 Å². The highest BCUT2D eigenvalue weighted by Crippen LogP contribution is 2.33. The molecule has 1 aliphatic rings. The van der Waals surface area contributed by atoms with Crippen LogP contribution in [0.2, 0.25) is 0 Å². The average Bonchev–Trinajstić information content (AvgIpc) is 3.07. The van der Waals surface area contributed by atoms with Gasteiger partial charge in [0, 0.05) is 5.56 Å². The summed E-state index contributed by atoms with van der Waals surface area (Å²) in [4.78, 5) is 24.1. The summed E-state index contributed by atoms with van der Waals surface area (Å²) in [6.07, 6.45) is 0. The third-order valence-corrected chi connectivity index (χ3v) is 5.50. The molecule has 3 aromatic carbocycles. The average molecular weight is 463 g/mol. The first-order valence-electron chi connectivity index (χ1n) is 9.92. The zero-order valence-corrected chi connectivity index (χ0v) is 18.5. The molecule has 166 valence electrons. The van der Waals surface area contributed by atoms with E-state index in [1.807, 2.05) is 26.0 Å². The summed E-state index contributed by atoms with van der Waals surface area (Å²) in [5.74, 6) is -2.03. The van der Waals surface area contributed by atoms with Crippen molar-refractivity contribution in [3.8, 4) is 16.9 Å². The zero-order chi connectivity index (χ0) is 23.7.